The number of ether oxygens (including phenoxy) is 1. The molecule has 0 aliphatic heterocycles. The van der Waals surface area contributed by atoms with E-state index in [0.717, 1.165) is 16.7 Å². The monoisotopic (exact) mass is 516 g/mol. The largest absolute Gasteiger partial charge is 0.495 e. The Morgan fingerprint density at radius 2 is 2.13 bits per heavy atom. The van der Waals surface area contributed by atoms with Crippen LogP contribution in [0.25, 0.3) is 5.65 Å². The maximum absolute atomic E-state index is 13.7. The lowest BCUT2D eigenvalue weighted by atomic mass is 10.2. The van der Waals surface area contributed by atoms with E-state index in [9.17, 15) is 22.4 Å². The number of amides is 1. The van der Waals surface area contributed by atoms with Crippen molar-refractivity contribution in [3.63, 3.8) is 0 Å². The summed E-state index contributed by atoms with van der Waals surface area (Å²) in [6, 6.07) is 5.61. The molecule has 0 fully saturated rings. The highest BCUT2D eigenvalue weighted by molar-refractivity contribution is 9.10. The number of rotatable bonds is 5. The molecule has 0 saturated carbocycles. The second kappa shape index (κ2) is 9.07. The number of thioether (sulfide) groups is 1. The zero-order valence-corrected chi connectivity index (χ0v) is 18.1. The fourth-order valence-electron chi connectivity index (χ4n) is 2.60. The van der Waals surface area contributed by atoms with Gasteiger partial charge in [0.15, 0.2) is 5.65 Å². The van der Waals surface area contributed by atoms with Gasteiger partial charge in [0.05, 0.1) is 23.8 Å². The van der Waals surface area contributed by atoms with Gasteiger partial charge in [-0.3, -0.25) is 9.20 Å². The fraction of sp³-hybridized carbons (Fsp3) is 0.158. The Kier molecular flexibility index (Phi) is 6.66. The van der Waals surface area contributed by atoms with Crippen LogP contribution in [0, 0.1) is 17.7 Å². The Morgan fingerprint density at radius 1 is 1.39 bits per heavy atom. The van der Waals surface area contributed by atoms with E-state index in [2.05, 4.69) is 38.1 Å². The van der Waals surface area contributed by atoms with E-state index in [-0.39, 0.29) is 32.9 Å². The number of hydrogen-bond acceptors (Lipinski definition) is 5. The van der Waals surface area contributed by atoms with E-state index >= 15 is 0 Å². The number of benzene rings is 1. The van der Waals surface area contributed by atoms with Crippen molar-refractivity contribution >= 4 is 44.9 Å². The van der Waals surface area contributed by atoms with Gasteiger partial charge in [-0.1, -0.05) is 5.92 Å². The molecule has 3 rings (SSSR count). The summed E-state index contributed by atoms with van der Waals surface area (Å²) in [4.78, 5) is 15.4. The quantitative estimate of drug-likeness (QED) is 0.298. The zero-order valence-electron chi connectivity index (χ0n) is 15.7. The van der Waals surface area contributed by atoms with Crippen LogP contribution in [-0.4, -0.2) is 34.5 Å². The first-order valence-electron chi connectivity index (χ1n) is 8.42. The lowest BCUT2D eigenvalue weighted by Crippen LogP contribution is -2.11. The average Bonchev–Trinajstić information content (AvgIpc) is 3.01. The average molecular weight is 517 g/mol. The minimum Gasteiger partial charge on any atom is -0.495 e. The van der Waals surface area contributed by atoms with Gasteiger partial charge in [0.2, 0.25) is 5.91 Å². The van der Waals surface area contributed by atoms with Crippen molar-refractivity contribution in [2.75, 3.05) is 19.0 Å². The summed E-state index contributed by atoms with van der Waals surface area (Å²) in [5.74, 6) is 4.27. The summed E-state index contributed by atoms with van der Waals surface area (Å²) in [5, 5.41) is 2.59. The van der Waals surface area contributed by atoms with Crippen LogP contribution in [0.1, 0.15) is 16.1 Å². The maximum Gasteiger partial charge on any atom is 0.447 e. The van der Waals surface area contributed by atoms with Crippen molar-refractivity contribution < 1.29 is 27.1 Å². The number of hydrogen-bond donors (Lipinski definition) is 2. The molecule has 0 aliphatic carbocycles. The predicted octanol–water partition coefficient (Wildman–Crippen LogP) is 4.42. The van der Waals surface area contributed by atoms with Gasteiger partial charge >= 0.3 is 5.51 Å². The van der Waals surface area contributed by atoms with E-state index in [1.54, 1.807) is 6.07 Å². The summed E-state index contributed by atoms with van der Waals surface area (Å²) in [5.41, 5.74) is 1.34. The van der Waals surface area contributed by atoms with E-state index in [0.29, 0.717) is 11.4 Å². The molecule has 0 unspecified atom stereocenters. The highest BCUT2D eigenvalue weighted by Crippen LogP contribution is 2.39. The lowest BCUT2D eigenvalue weighted by molar-refractivity contribution is -0.0330. The van der Waals surface area contributed by atoms with Crippen LogP contribution >= 0.6 is 27.7 Å². The minimum absolute atomic E-state index is 0.0335. The molecular weight excluding hydrogens is 504 g/mol. The van der Waals surface area contributed by atoms with Crippen molar-refractivity contribution in [1.82, 2.24) is 9.38 Å². The van der Waals surface area contributed by atoms with Crippen molar-refractivity contribution in [3.05, 3.63) is 52.0 Å². The Labute approximate surface area is 186 Å². The highest BCUT2D eigenvalue weighted by Gasteiger charge is 2.33. The molecule has 0 saturated heterocycles. The van der Waals surface area contributed by atoms with Crippen LogP contribution in [0.15, 0.2) is 40.0 Å². The Balaban J connectivity index is 1.89. The third kappa shape index (κ3) is 5.42. The van der Waals surface area contributed by atoms with Crippen molar-refractivity contribution in [2.24, 2.45) is 5.73 Å². The first-order valence-corrected chi connectivity index (χ1v) is 10.0. The third-order valence-corrected chi connectivity index (χ3v) is 5.27. The molecule has 2 heterocycles. The summed E-state index contributed by atoms with van der Waals surface area (Å²) in [6.07, 6.45) is 0.912. The standard InChI is InChI=1S/C19H13BrF4N4O2S/c1-30-15-7-10(16(25)29)4-5-13(15)26-6-2-3-14-18(31-19(22,23)24)28-9-11(21)8-12(20)17(28)27-14/h4-5,7-9,26H,6H2,1H3,(H2,25,29). The van der Waals surface area contributed by atoms with Gasteiger partial charge in [-0.2, -0.15) is 13.2 Å². The first kappa shape index (κ1) is 22.8. The molecule has 0 atom stereocenters. The van der Waals surface area contributed by atoms with Crippen molar-refractivity contribution in [3.8, 4) is 17.6 Å². The highest BCUT2D eigenvalue weighted by atomic mass is 79.9. The van der Waals surface area contributed by atoms with Gasteiger partial charge in [0.1, 0.15) is 22.3 Å². The molecular formula is C19H13BrF4N4O2S. The number of anilines is 1. The SMILES string of the molecule is COc1cc(C(N)=O)ccc1NCC#Cc1nc2c(Br)cc(F)cn2c1SC(F)(F)F. The Morgan fingerprint density at radius 3 is 2.77 bits per heavy atom. The van der Waals surface area contributed by atoms with Crippen molar-refractivity contribution in [2.45, 2.75) is 10.5 Å². The molecule has 0 radical (unpaired) electrons. The number of nitrogens with two attached hydrogens (primary N) is 1. The maximum atomic E-state index is 13.7. The van der Waals surface area contributed by atoms with Crippen LogP contribution in [0.4, 0.5) is 23.2 Å². The molecule has 31 heavy (non-hydrogen) atoms. The molecule has 12 heteroatoms. The van der Waals surface area contributed by atoms with Crippen LogP contribution in [0.2, 0.25) is 0 Å². The number of carbonyl (C=O) groups excluding carboxylic acids is 1. The molecule has 0 bridgehead atoms. The number of methoxy groups -OCH3 is 1. The van der Waals surface area contributed by atoms with E-state index < -0.39 is 29.0 Å². The normalized spacial score (nSPS) is 11.2. The van der Waals surface area contributed by atoms with Crippen LogP contribution < -0.4 is 15.8 Å². The summed E-state index contributed by atoms with van der Waals surface area (Å²) in [7, 11) is 1.41. The molecule has 1 amide bonds. The molecule has 3 aromatic rings. The molecule has 2 aromatic heterocycles. The first-order chi connectivity index (χ1) is 14.6. The van der Waals surface area contributed by atoms with E-state index in [1.807, 2.05) is 0 Å². The number of halogens is 5. The number of alkyl halides is 3. The lowest BCUT2D eigenvalue weighted by Gasteiger charge is -2.10. The number of pyridine rings is 1. The number of aromatic nitrogens is 2. The summed E-state index contributed by atoms with van der Waals surface area (Å²) < 4.78 is 59.1. The Bertz CT molecular complexity index is 1220. The van der Waals surface area contributed by atoms with E-state index in [4.69, 9.17) is 10.5 Å². The molecule has 0 aliphatic rings. The topological polar surface area (TPSA) is 81.6 Å². The number of imidazole rings is 1. The fourth-order valence-corrected chi connectivity index (χ4v) is 3.75. The third-order valence-electron chi connectivity index (χ3n) is 3.87. The van der Waals surface area contributed by atoms with Crippen LogP contribution in [0.3, 0.4) is 0 Å². The van der Waals surface area contributed by atoms with Crippen molar-refractivity contribution in [1.29, 1.82) is 0 Å². The number of carbonyl (C=O) groups is 1. The van der Waals surface area contributed by atoms with Crippen LogP contribution in [-0.2, 0) is 0 Å². The van der Waals surface area contributed by atoms with Gasteiger partial charge in [-0.25, -0.2) is 9.37 Å². The van der Waals surface area contributed by atoms with Gasteiger partial charge < -0.3 is 15.8 Å². The minimum atomic E-state index is -4.61. The zero-order chi connectivity index (χ0) is 22.8. The molecule has 1 aromatic carbocycles. The smallest absolute Gasteiger partial charge is 0.447 e. The number of nitrogens with zero attached hydrogens (tertiary/aromatic N) is 2. The number of primary amides is 1. The summed E-state index contributed by atoms with van der Waals surface area (Å²) >= 11 is 2.67. The molecule has 0 spiro atoms. The number of nitrogens with one attached hydrogen (secondary N) is 1. The number of fused-ring (bicyclic) bond motifs is 1. The van der Waals surface area contributed by atoms with Gasteiger partial charge in [-0.15, -0.1) is 0 Å². The van der Waals surface area contributed by atoms with Gasteiger partial charge in [0, 0.05) is 23.5 Å². The van der Waals surface area contributed by atoms with E-state index in [1.165, 1.54) is 19.2 Å². The molecule has 6 nitrogen and oxygen atoms in total. The molecule has 162 valence electrons. The van der Waals surface area contributed by atoms with Gasteiger partial charge in [0.25, 0.3) is 0 Å². The van der Waals surface area contributed by atoms with Crippen LogP contribution in [0.5, 0.6) is 5.75 Å². The second-order valence-corrected chi connectivity index (χ2v) is 7.86. The summed E-state index contributed by atoms with van der Waals surface area (Å²) in [6.45, 7) is 0.0335. The predicted molar refractivity (Wildman–Crippen MR) is 112 cm³/mol. The van der Waals surface area contributed by atoms with Gasteiger partial charge in [-0.05, 0) is 46.1 Å². The second-order valence-electron chi connectivity index (χ2n) is 5.95. The molecule has 3 N–H and O–H groups in total. The Hall–Kier alpha value is -2.91.